The van der Waals surface area contributed by atoms with Crippen molar-refractivity contribution in [2.24, 2.45) is 0 Å². The molecule has 0 unspecified atom stereocenters. The van der Waals surface area contributed by atoms with Crippen LogP contribution < -0.4 is 0 Å². The van der Waals surface area contributed by atoms with E-state index in [1.807, 2.05) is 30.3 Å². The zero-order valence-corrected chi connectivity index (χ0v) is 9.79. The van der Waals surface area contributed by atoms with Crippen molar-refractivity contribution in [1.82, 2.24) is 0 Å². The Labute approximate surface area is 104 Å². The van der Waals surface area contributed by atoms with Crippen molar-refractivity contribution in [3.05, 3.63) is 58.1 Å². The topological polar surface area (TPSA) is 17.1 Å². The van der Waals surface area contributed by atoms with Crippen LogP contribution in [0.1, 0.15) is 10.4 Å². The molecule has 0 aliphatic carbocycles. The summed E-state index contributed by atoms with van der Waals surface area (Å²) in [4.78, 5) is 11.0. The van der Waals surface area contributed by atoms with Gasteiger partial charge in [0.25, 0.3) is 0 Å². The summed E-state index contributed by atoms with van der Waals surface area (Å²) in [6, 6.07) is 13.1. The molecule has 0 atom stereocenters. The van der Waals surface area contributed by atoms with E-state index in [-0.39, 0.29) is 0 Å². The van der Waals surface area contributed by atoms with Gasteiger partial charge in [-0.3, -0.25) is 4.79 Å². The molecule has 2 aromatic rings. The van der Waals surface area contributed by atoms with Crippen molar-refractivity contribution < 1.29 is 4.79 Å². The number of rotatable bonds is 2. The van der Waals surface area contributed by atoms with Crippen LogP contribution >= 0.6 is 23.2 Å². The Bertz CT molecular complexity index is 521. The molecule has 0 fully saturated rings. The van der Waals surface area contributed by atoms with Gasteiger partial charge in [-0.1, -0.05) is 59.6 Å². The fourth-order valence-corrected chi connectivity index (χ4v) is 1.93. The lowest BCUT2D eigenvalue weighted by atomic mass is 10.0. The van der Waals surface area contributed by atoms with Crippen LogP contribution in [0.2, 0.25) is 10.0 Å². The lowest BCUT2D eigenvalue weighted by Crippen LogP contribution is -1.89. The van der Waals surface area contributed by atoms with Gasteiger partial charge in [0.2, 0.25) is 0 Å². The Balaban J connectivity index is 2.67. The molecule has 0 N–H and O–H groups in total. The van der Waals surface area contributed by atoms with E-state index in [0.29, 0.717) is 15.6 Å². The highest BCUT2D eigenvalue weighted by atomic mass is 35.5. The van der Waals surface area contributed by atoms with E-state index in [1.54, 1.807) is 12.1 Å². The average molecular weight is 251 g/mol. The van der Waals surface area contributed by atoms with Gasteiger partial charge < -0.3 is 0 Å². The van der Waals surface area contributed by atoms with Crippen LogP contribution in [0.4, 0.5) is 0 Å². The molecular weight excluding hydrogens is 243 g/mol. The van der Waals surface area contributed by atoms with Crippen molar-refractivity contribution in [3.63, 3.8) is 0 Å². The maximum Gasteiger partial charge on any atom is 0.152 e. The molecular formula is C13H8Cl2O. The van der Waals surface area contributed by atoms with E-state index >= 15 is 0 Å². The molecule has 1 nitrogen and oxygen atoms in total. The maximum atomic E-state index is 11.0. The summed E-state index contributed by atoms with van der Waals surface area (Å²) < 4.78 is 0. The van der Waals surface area contributed by atoms with Gasteiger partial charge in [0.05, 0.1) is 10.0 Å². The van der Waals surface area contributed by atoms with Crippen LogP contribution in [0.3, 0.4) is 0 Å². The van der Waals surface area contributed by atoms with Gasteiger partial charge in [-0.15, -0.1) is 0 Å². The molecule has 0 saturated carbocycles. The third-order valence-corrected chi connectivity index (χ3v) is 3.15. The summed E-state index contributed by atoms with van der Waals surface area (Å²) in [7, 11) is 0. The third kappa shape index (κ3) is 1.97. The second-order valence-electron chi connectivity index (χ2n) is 3.31. The highest BCUT2D eigenvalue weighted by Gasteiger charge is 2.10. The van der Waals surface area contributed by atoms with Crippen LogP contribution in [0, 0.1) is 0 Å². The van der Waals surface area contributed by atoms with E-state index in [9.17, 15) is 4.79 Å². The number of hydrogen-bond acceptors (Lipinski definition) is 1. The molecule has 0 bridgehead atoms. The van der Waals surface area contributed by atoms with Gasteiger partial charge in [-0.2, -0.15) is 0 Å². The monoisotopic (exact) mass is 250 g/mol. The van der Waals surface area contributed by atoms with Crippen molar-refractivity contribution in [2.75, 3.05) is 0 Å². The summed E-state index contributed by atoms with van der Waals surface area (Å²) in [5, 5.41) is 0.696. The third-order valence-electron chi connectivity index (χ3n) is 2.34. The summed E-state index contributed by atoms with van der Waals surface area (Å²) in [5.74, 6) is 0. The molecule has 2 rings (SSSR count). The fraction of sp³-hybridized carbons (Fsp3) is 0. The number of benzene rings is 2. The molecule has 16 heavy (non-hydrogen) atoms. The van der Waals surface area contributed by atoms with E-state index in [0.717, 1.165) is 17.4 Å². The number of carbonyl (C=O) groups excluding carboxylic acids is 1. The molecule has 0 aliphatic rings. The number of carbonyl (C=O) groups is 1. The van der Waals surface area contributed by atoms with Gasteiger partial charge in [0.15, 0.2) is 6.29 Å². The lowest BCUT2D eigenvalue weighted by Gasteiger charge is -2.07. The summed E-state index contributed by atoms with van der Waals surface area (Å²) in [5.41, 5.74) is 2.17. The van der Waals surface area contributed by atoms with Gasteiger partial charge in [0.1, 0.15) is 0 Å². The fourth-order valence-electron chi connectivity index (χ4n) is 1.55. The van der Waals surface area contributed by atoms with Crippen molar-refractivity contribution in [2.45, 2.75) is 0 Å². The molecule has 0 aliphatic heterocycles. The minimum atomic E-state index is 0.304. The van der Waals surface area contributed by atoms with E-state index in [1.165, 1.54) is 0 Å². The molecule has 0 heterocycles. The first-order valence-electron chi connectivity index (χ1n) is 4.72. The van der Waals surface area contributed by atoms with Crippen LogP contribution in [-0.4, -0.2) is 6.29 Å². The minimum Gasteiger partial charge on any atom is -0.298 e. The van der Waals surface area contributed by atoms with Crippen molar-refractivity contribution >= 4 is 29.5 Å². The first kappa shape index (κ1) is 11.2. The van der Waals surface area contributed by atoms with E-state index in [2.05, 4.69) is 0 Å². The molecule has 0 saturated heterocycles. The first-order valence-corrected chi connectivity index (χ1v) is 5.48. The van der Waals surface area contributed by atoms with Crippen LogP contribution in [0.15, 0.2) is 42.5 Å². The number of aldehydes is 1. The quantitative estimate of drug-likeness (QED) is 0.719. The number of halogens is 2. The SMILES string of the molecule is O=Cc1c(-c2ccccc2)ccc(Cl)c1Cl. The van der Waals surface area contributed by atoms with E-state index < -0.39 is 0 Å². The normalized spacial score (nSPS) is 10.1. The highest BCUT2D eigenvalue weighted by molar-refractivity contribution is 6.43. The zero-order chi connectivity index (χ0) is 11.5. The van der Waals surface area contributed by atoms with Crippen molar-refractivity contribution in [3.8, 4) is 11.1 Å². The molecule has 0 radical (unpaired) electrons. The Morgan fingerprint density at radius 2 is 1.62 bits per heavy atom. The summed E-state index contributed by atoms with van der Waals surface area (Å²) in [6.45, 7) is 0. The predicted molar refractivity (Wildman–Crippen MR) is 67.3 cm³/mol. The molecule has 0 amide bonds. The van der Waals surface area contributed by atoms with Crippen LogP contribution in [-0.2, 0) is 0 Å². The Morgan fingerprint density at radius 1 is 0.938 bits per heavy atom. The smallest absolute Gasteiger partial charge is 0.152 e. The standard InChI is InChI=1S/C13H8Cl2O/c14-12-7-6-10(11(8-16)13(12)15)9-4-2-1-3-5-9/h1-8H. The number of hydrogen-bond donors (Lipinski definition) is 0. The van der Waals surface area contributed by atoms with Crippen LogP contribution in [0.5, 0.6) is 0 Å². The van der Waals surface area contributed by atoms with Gasteiger partial charge in [-0.05, 0) is 17.2 Å². The van der Waals surface area contributed by atoms with Gasteiger partial charge in [-0.25, -0.2) is 0 Å². The van der Waals surface area contributed by atoms with Crippen molar-refractivity contribution in [1.29, 1.82) is 0 Å². The first-order chi connectivity index (χ1) is 7.74. The van der Waals surface area contributed by atoms with Crippen LogP contribution in [0.25, 0.3) is 11.1 Å². The summed E-state index contributed by atoms with van der Waals surface area (Å²) >= 11 is 11.8. The highest BCUT2D eigenvalue weighted by Crippen LogP contribution is 2.32. The van der Waals surface area contributed by atoms with Gasteiger partial charge in [0, 0.05) is 5.56 Å². The second-order valence-corrected chi connectivity index (χ2v) is 4.09. The molecule has 3 heteroatoms. The molecule has 2 aromatic carbocycles. The zero-order valence-electron chi connectivity index (χ0n) is 8.28. The second kappa shape index (κ2) is 4.69. The molecule has 0 spiro atoms. The Hall–Kier alpha value is -1.31. The molecule has 80 valence electrons. The average Bonchev–Trinajstić information content (AvgIpc) is 2.33. The van der Waals surface area contributed by atoms with Gasteiger partial charge >= 0.3 is 0 Å². The molecule has 0 aromatic heterocycles. The Morgan fingerprint density at radius 3 is 2.25 bits per heavy atom. The minimum absolute atomic E-state index is 0.304. The largest absolute Gasteiger partial charge is 0.298 e. The maximum absolute atomic E-state index is 11.0. The Kier molecular flexibility index (Phi) is 3.28. The summed E-state index contributed by atoms with van der Waals surface area (Å²) in [6.07, 6.45) is 0.733. The lowest BCUT2D eigenvalue weighted by molar-refractivity contribution is 0.112. The predicted octanol–water partition coefficient (Wildman–Crippen LogP) is 4.47. The van der Waals surface area contributed by atoms with E-state index in [4.69, 9.17) is 23.2 Å².